The van der Waals surface area contributed by atoms with Gasteiger partial charge in [0, 0.05) is 13.7 Å². The third-order valence-corrected chi connectivity index (χ3v) is 2.65. The van der Waals surface area contributed by atoms with E-state index in [1.165, 1.54) is 0 Å². The van der Waals surface area contributed by atoms with Gasteiger partial charge in [0.1, 0.15) is 0 Å². The highest BCUT2D eigenvalue weighted by atomic mass is 16.5. The molecule has 0 saturated carbocycles. The number of carbonyl (C=O) groups is 1. The molecule has 3 unspecified atom stereocenters. The number of aliphatic hydroxyl groups excluding tert-OH is 1. The number of nitrogens with one attached hydrogen (secondary N) is 1. The molecule has 0 heterocycles. The summed E-state index contributed by atoms with van der Waals surface area (Å²) in [4.78, 5) is 11.4. The zero-order valence-corrected chi connectivity index (χ0v) is 10.1. The SMILES string of the molecule is CCC(C)C(O)CNC(=O)C(C)COC. The Bertz CT molecular complexity index is 185. The number of methoxy groups -OCH3 is 1. The molecular formula is C11H23NO3. The van der Waals surface area contributed by atoms with Crippen molar-refractivity contribution in [1.29, 1.82) is 0 Å². The van der Waals surface area contributed by atoms with Crippen LogP contribution in [0.1, 0.15) is 27.2 Å². The lowest BCUT2D eigenvalue weighted by atomic mass is 10.0. The minimum absolute atomic E-state index is 0.0702. The van der Waals surface area contributed by atoms with Crippen LogP contribution in [0.4, 0.5) is 0 Å². The number of rotatable bonds is 7. The van der Waals surface area contributed by atoms with Crippen LogP contribution in [0, 0.1) is 11.8 Å². The van der Waals surface area contributed by atoms with Crippen molar-refractivity contribution < 1.29 is 14.6 Å². The first-order chi connectivity index (χ1) is 7.02. The van der Waals surface area contributed by atoms with E-state index in [-0.39, 0.29) is 17.7 Å². The Morgan fingerprint density at radius 1 is 1.47 bits per heavy atom. The quantitative estimate of drug-likeness (QED) is 0.663. The number of hydrogen-bond acceptors (Lipinski definition) is 3. The van der Waals surface area contributed by atoms with E-state index in [2.05, 4.69) is 5.32 Å². The average molecular weight is 217 g/mol. The van der Waals surface area contributed by atoms with Crippen LogP contribution in [0.5, 0.6) is 0 Å². The van der Waals surface area contributed by atoms with Crippen LogP contribution in [0.25, 0.3) is 0 Å². The van der Waals surface area contributed by atoms with Crippen LogP contribution < -0.4 is 5.32 Å². The summed E-state index contributed by atoms with van der Waals surface area (Å²) in [7, 11) is 1.57. The molecule has 2 N–H and O–H groups in total. The summed E-state index contributed by atoms with van der Waals surface area (Å²) in [5, 5.41) is 12.3. The van der Waals surface area contributed by atoms with Gasteiger partial charge in [0.25, 0.3) is 0 Å². The van der Waals surface area contributed by atoms with Crippen LogP contribution in [-0.2, 0) is 9.53 Å². The fourth-order valence-electron chi connectivity index (χ4n) is 1.18. The topological polar surface area (TPSA) is 58.6 Å². The van der Waals surface area contributed by atoms with Gasteiger partial charge in [-0.3, -0.25) is 4.79 Å². The van der Waals surface area contributed by atoms with Gasteiger partial charge in [-0.15, -0.1) is 0 Å². The van der Waals surface area contributed by atoms with Crippen molar-refractivity contribution in [2.24, 2.45) is 11.8 Å². The second-order valence-corrected chi connectivity index (χ2v) is 4.05. The van der Waals surface area contributed by atoms with Gasteiger partial charge < -0.3 is 15.2 Å². The summed E-state index contributed by atoms with van der Waals surface area (Å²) in [5.41, 5.74) is 0. The van der Waals surface area contributed by atoms with Crippen molar-refractivity contribution in [2.45, 2.75) is 33.3 Å². The normalized spacial score (nSPS) is 16.9. The minimum atomic E-state index is -0.464. The number of amides is 1. The molecule has 90 valence electrons. The maximum absolute atomic E-state index is 11.4. The van der Waals surface area contributed by atoms with E-state index in [4.69, 9.17) is 4.74 Å². The molecule has 0 rings (SSSR count). The van der Waals surface area contributed by atoms with Crippen molar-refractivity contribution in [3.8, 4) is 0 Å². The third-order valence-electron chi connectivity index (χ3n) is 2.65. The fourth-order valence-corrected chi connectivity index (χ4v) is 1.18. The monoisotopic (exact) mass is 217 g/mol. The molecular weight excluding hydrogens is 194 g/mol. The molecule has 0 spiro atoms. The molecule has 0 aliphatic carbocycles. The lowest BCUT2D eigenvalue weighted by Crippen LogP contribution is -2.38. The Morgan fingerprint density at radius 3 is 2.53 bits per heavy atom. The molecule has 0 fully saturated rings. The van der Waals surface area contributed by atoms with Crippen LogP contribution in [-0.4, -0.2) is 37.4 Å². The zero-order valence-electron chi connectivity index (χ0n) is 10.1. The summed E-state index contributed by atoms with van der Waals surface area (Å²) in [6.07, 6.45) is 0.443. The predicted octanol–water partition coefficient (Wildman–Crippen LogP) is 0.792. The first-order valence-electron chi connectivity index (χ1n) is 5.47. The highest BCUT2D eigenvalue weighted by Gasteiger charge is 2.16. The Labute approximate surface area is 92.0 Å². The lowest BCUT2D eigenvalue weighted by Gasteiger charge is -2.19. The van der Waals surface area contributed by atoms with Crippen LogP contribution in [0.3, 0.4) is 0 Å². The Kier molecular flexibility index (Phi) is 7.34. The van der Waals surface area contributed by atoms with Crippen molar-refractivity contribution in [3.63, 3.8) is 0 Å². The van der Waals surface area contributed by atoms with Crippen molar-refractivity contribution >= 4 is 5.91 Å². The summed E-state index contributed by atoms with van der Waals surface area (Å²) >= 11 is 0. The Balaban J connectivity index is 3.79. The van der Waals surface area contributed by atoms with E-state index in [1.54, 1.807) is 14.0 Å². The van der Waals surface area contributed by atoms with Gasteiger partial charge in [-0.2, -0.15) is 0 Å². The molecule has 0 aliphatic heterocycles. The van der Waals surface area contributed by atoms with Gasteiger partial charge in [0.2, 0.25) is 5.91 Å². The second-order valence-electron chi connectivity index (χ2n) is 4.05. The second kappa shape index (κ2) is 7.65. The molecule has 1 amide bonds. The number of ether oxygens (including phenoxy) is 1. The Morgan fingerprint density at radius 2 is 2.07 bits per heavy atom. The largest absolute Gasteiger partial charge is 0.391 e. The van der Waals surface area contributed by atoms with E-state index in [1.807, 2.05) is 13.8 Å². The predicted molar refractivity (Wildman–Crippen MR) is 59.5 cm³/mol. The van der Waals surface area contributed by atoms with Gasteiger partial charge >= 0.3 is 0 Å². The van der Waals surface area contributed by atoms with E-state index in [9.17, 15) is 9.90 Å². The molecule has 15 heavy (non-hydrogen) atoms. The number of hydrogen-bond donors (Lipinski definition) is 2. The van der Waals surface area contributed by atoms with E-state index in [0.29, 0.717) is 13.2 Å². The van der Waals surface area contributed by atoms with E-state index < -0.39 is 6.10 Å². The first-order valence-corrected chi connectivity index (χ1v) is 5.47. The molecule has 4 nitrogen and oxygen atoms in total. The van der Waals surface area contributed by atoms with Crippen molar-refractivity contribution in [1.82, 2.24) is 5.32 Å². The average Bonchev–Trinajstić information content (AvgIpc) is 2.24. The molecule has 4 heteroatoms. The number of aliphatic hydroxyl groups is 1. The standard InChI is InChI=1S/C11H23NO3/c1-5-8(2)10(13)6-12-11(14)9(3)7-15-4/h8-10,13H,5-7H2,1-4H3,(H,12,14). The van der Waals surface area contributed by atoms with Gasteiger partial charge in [-0.1, -0.05) is 27.2 Å². The molecule has 0 aromatic carbocycles. The fraction of sp³-hybridized carbons (Fsp3) is 0.909. The summed E-state index contributed by atoms with van der Waals surface area (Å²) < 4.78 is 4.88. The van der Waals surface area contributed by atoms with Crippen LogP contribution in [0.2, 0.25) is 0 Å². The minimum Gasteiger partial charge on any atom is -0.391 e. The van der Waals surface area contributed by atoms with Gasteiger partial charge in [0.05, 0.1) is 18.6 Å². The summed E-state index contributed by atoms with van der Waals surface area (Å²) in [6.45, 7) is 6.51. The highest BCUT2D eigenvalue weighted by molar-refractivity contribution is 5.78. The Hall–Kier alpha value is -0.610. The first kappa shape index (κ1) is 14.4. The molecule has 0 bridgehead atoms. The molecule has 0 aliphatic rings. The lowest BCUT2D eigenvalue weighted by molar-refractivity contribution is -0.126. The van der Waals surface area contributed by atoms with Gasteiger partial charge in [0.15, 0.2) is 0 Å². The maximum Gasteiger partial charge on any atom is 0.225 e. The molecule has 0 saturated heterocycles. The van der Waals surface area contributed by atoms with Crippen molar-refractivity contribution in [2.75, 3.05) is 20.3 Å². The number of carbonyl (C=O) groups excluding carboxylic acids is 1. The molecule has 0 radical (unpaired) electrons. The smallest absolute Gasteiger partial charge is 0.225 e. The summed E-state index contributed by atoms with van der Waals surface area (Å²) in [6, 6.07) is 0. The van der Waals surface area contributed by atoms with Crippen LogP contribution in [0.15, 0.2) is 0 Å². The third kappa shape index (κ3) is 5.74. The van der Waals surface area contributed by atoms with E-state index >= 15 is 0 Å². The molecule has 3 atom stereocenters. The van der Waals surface area contributed by atoms with E-state index in [0.717, 1.165) is 6.42 Å². The van der Waals surface area contributed by atoms with Gasteiger partial charge in [-0.25, -0.2) is 0 Å². The van der Waals surface area contributed by atoms with Gasteiger partial charge in [-0.05, 0) is 5.92 Å². The van der Waals surface area contributed by atoms with Crippen LogP contribution >= 0.6 is 0 Å². The van der Waals surface area contributed by atoms with Crippen molar-refractivity contribution in [3.05, 3.63) is 0 Å². The highest BCUT2D eigenvalue weighted by Crippen LogP contribution is 2.06. The molecule has 0 aromatic rings. The summed E-state index contributed by atoms with van der Waals surface area (Å²) in [5.74, 6) is -0.0265. The molecule has 0 aromatic heterocycles. The maximum atomic E-state index is 11.4. The zero-order chi connectivity index (χ0) is 11.8.